The average molecular weight is 504 g/mol. The summed E-state index contributed by atoms with van der Waals surface area (Å²) in [6.45, 7) is 18.0. The molecule has 36 heavy (non-hydrogen) atoms. The van der Waals surface area contributed by atoms with Crippen LogP contribution < -0.4 is 0 Å². The molecule has 0 saturated carbocycles. The first kappa shape index (κ1) is 28.4. The second-order valence-corrected chi connectivity index (χ2v) is 11.1. The fourth-order valence-corrected chi connectivity index (χ4v) is 7.02. The molecule has 3 fully saturated rings. The van der Waals surface area contributed by atoms with Gasteiger partial charge in [-0.1, -0.05) is 39.3 Å². The second kappa shape index (κ2) is 10.7. The predicted molar refractivity (Wildman–Crippen MR) is 139 cm³/mol. The highest BCUT2D eigenvalue weighted by atomic mass is 16.5. The zero-order valence-electron chi connectivity index (χ0n) is 22.9. The average Bonchev–Trinajstić information content (AvgIpc) is 3.35. The van der Waals surface area contributed by atoms with E-state index in [0.717, 1.165) is 12.8 Å². The number of ether oxygens (including phenoxy) is 1. The normalized spacial score (nSPS) is 34.3. The molecule has 0 aliphatic carbocycles. The molecule has 0 aromatic carbocycles. The molecule has 3 saturated heterocycles. The number of aliphatic hydroxyl groups excluding tert-OH is 1. The highest BCUT2D eigenvalue weighted by molar-refractivity contribution is 5.99. The monoisotopic (exact) mass is 503 g/mol. The van der Waals surface area contributed by atoms with E-state index >= 15 is 0 Å². The summed E-state index contributed by atoms with van der Waals surface area (Å²) in [7, 11) is 1.71. The number of nitrogens with zero attached hydrogens (tertiary/aromatic N) is 3. The molecule has 2 bridgehead atoms. The van der Waals surface area contributed by atoms with Crippen molar-refractivity contribution in [3.63, 3.8) is 0 Å². The molecule has 0 radical (unpaired) electrons. The first-order valence-electron chi connectivity index (χ1n) is 13.4. The van der Waals surface area contributed by atoms with E-state index in [1.54, 1.807) is 33.9 Å². The number of likely N-dealkylation sites (N-methyl/N-ethyl adjacent to an activating group) is 1. The van der Waals surface area contributed by atoms with Crippen LogP contribution in [0.5, 0.6) is 0 Å². The topological polar surface area (TPSA) is 90.4 Å². The zero-order chi connectivity index (χ0) is 27.0. The summed E-state index contributed by atoms with van der Waals surface area (Å²) in [5.74, 6) is -2.15. The van der Waals surface area contributed by atoms with Gasteiger partial charge in [0.15, 0.2) is 0 Å². The van der Waals surface area contributed by atoms with E-state index in [0.29, 0.717) is 25.9 Å². The number of carbonyl (C=O) groups is 3. The fourth-order valence-electron chi connectivity index (χ4n) is 7.02. The van der Waals surface area contributed by atoms with Gasteiger partial charge >= 0.3 is 0 Å². The van der Waals surface area contributed by atoms with E-state index in [1.807, 2.05) is 27.7 Å². The maximum Gasteiger partial charge on any atom is 0.248 e. The van der Waals surface area contributed by atoms with Crippen LogP contribution in [0.2, 0.25) is 0 Å². The van der Waals surface area contributed by atoms with Gasteiger partial charge in [0, 0.05) is 26.2 Å². The molecular formula is C28H45N3O5. The lowest BCUT2D eigenvalue weighted by molar-refractivity contribution is -0.158. The molecule has 0 aromatic rings. The Morgan fingerprint density at radius 1 is 1.25 bits per heavy atom. The van der Waals surface area contributed by atoms with Crippen LogP contribution in [0.25, 0.3) is 0 Å². The molecule has 202 valence electrons. The van der Waals surface area contributed by atoms with Crippen LogP contribution in [0.3, 0.4) is 0 Å². The van der Waals surface area contributed by atoms with Crippen molar-refractivity contribution >= 4 is 17.7 Å². The smallest absolute Gasteiger partial charge is 0.248 e. The van der Waals surface area contributed by atoms with Crippen LogP contribution in [0.4, 0.5) is 0 Å². The number of likely N-dealkylation sites (tertiary alicyclic amines) is 1. The molecule has 3 aliphatic heterocycles. The fraction of sp³-hybridized carbons (Fsp3) is 0.750. The summed E-state index contributed by atoms with van der Waals surface area (Å²) in [4.78, 5) is 47.3. The van der Waals surface area contributed by atoms with Crippen molar-refractivity contribution in [2.24, 2.45) is 17.8 Å². The highest BCUT2D eigenvalue weighted by Crippen LogP contribution is 2.65. The zero-order valence-corrected chi connectivity index (χ0v) is 22.9. The lowest BCUT2D eigenvalue weighted by atomic mass is 9.62. The summed E-state index contributed by atoms with van der Waals surface area (Å²) in [5, 5.41) is 10.2. The molecule has 3 aliphatic rings. The molecule has 8 nitrogen and oxygen atoms in total. The largest absolute Gasteiger partial charge is 0.394 e. The van der Waals surface area contributed by atoms with E-state index in [2.05, 4.69) is 20.1 Å². The Kier molecular flexibility index (Phi) is 8.40. The Morgan fingerprint density at radius 3 is 2.42 bits per heavy atom. The van der Waals surface area contributed by atoms with Gasteiger partial charge in [0.05, 0.1) is 30.1 Å². The van der Waals surface area contributed by atoms with Crippen molar-refractivity contribution in [2.45, 2.75) is 89.6 Å². The first-order valence-corrected chi connectivity index (χ1v) is 13.4. The number of rotatable bonds is 12. The van der Waals surface area contributed by atoms with Gasteiger partial charge in [-0.2, -0.15) is 0 Å². The van der Waals surface area contributed by atoms with Gasteiger partial charge in [0.2, 0.25) is 17.7 Å². The summed E-state index contributed by atoms with van der Waals surface area (Å²) in [6, 6.07) is -1.49. The van der Waals surface area contributed by atoms with Gasteiger partial charge < -0.3 is 24.5 Å². The van der Waals surface area contributed by atoms with Crippen molar-refractivity contribution in [2.75, 3.05) is 26.7 Å². The molecule has 3 heterocycles. The molecule has 8 atom stereocenters. The van der Waals surface area contributed by atoms with Crippen LogP contribution in [0, 0.1) is 17.8 Å². The molecule has 4 unspecified atom stereocenters. The number of aliphatic hydroxyl groups is 1. The summed E-state index contributed by atoms with van der Waals surface area (Å²) >= 11 is 0. The van der Waals surface area contributed by atoms with E-state index < -0.39 is 35.1 Å². The van der Waals surface area contributed by atoms with Gasteiger partial charge in [-0.3, -0.25) is 14.4 Å². The standard InChI is InChI=1S/C28H45N3O5/c1-9-13-19(6)30(15-11-3)26(35)23-28-16-18(5)27(7,36-28)21(24(33)29(8)14-10-2)22(28)25(34)31(23)20(12-4)17-32/h10-11,18-23,32H,2-3,9,12-17H2,1,4-8H3/t18?,19?,20-,21+,22-,23?,27-,28?/m0/s1. The van der Waals surface area contributed by atoms with Crippen LogP contribution in [0.1, 0.15) is 60.3 Å². The third-order valence-electron chi connectivity index (χ3n) is 8.95. The molecular weight excluding hydrogens is 458 g/mol. The summed E-state index contributed by atoms with van der Waals surface area (Å²) in [5.41, 5.74) is -1.98. The predicted octanol–water partition coefficient (Wildman–Crippen LogP) is 2.62. The van der Waals surface area contributed by atoms with Gasteiger partial charge in [-0.25, -0.2) is 0 Å². The molecule has 8 heteroatoms. The van der Waals surface area contributed by atoms with Gasteiger partial charge in [0.25, 0.3) is 0 Å². The van der Waals surface area contributed by atoms with Gasteiger partial charge in [-0.05, 0) is 39.0 Å². The number of hydrogen-bond donors (Lipinski definition) is 1. The maximum atomic E-state index is 14.4. The number of carbonyl (C=O) groups excluding carboxylic acids is 3. The van der Waals surface area contributed by atoms with Crippen molar-refractivity contribution in [3.05, 3.63) is 25.3 Å². The molecule has 3 amide bonds. The first-order chi connectivity index (χ1) is 17.0. The third-order valence-corrected chi connectivity index (χ3v) is 8.95. The van der Waals surface area contributed by atoms with Crippen molar-refractivity contribution < 1.29 is 24.2 Å². The van der Waals surface area contributed by atoms with E-state index in [9.17, 15) is 19.5 Å². The highest BCUT2D eigenvalue weighted by Gasteiger charge is 2.80. The van der Waals surface area contributed by atoms with Crippen molar-refractivity contribution in [1.29, 1.82) is 0 Å². The van der Waals surface area contributed by atoms with Crippen LogP contribution in [-0.4, -0.2) is 93.6 Å². The summed E-state index contributed by atoms with van der Waals surface area (Å²) < 4.78 is 6.80. The number of amides is 3. The second-order valence-electron chi connectivity index (χ2n) is 11.1. The SMILES string of the molecule is C=CCN(C)C(=O)[C@H]1[C@H]2C(=O)N([C@@H](CC)CO)C(C(=O)N(CC=C)C(C)CCC)C23CC(C)[C@]1(C)O3. The minimum absolute atomic E-state index is 0.0296. The maximum absolute atomic E-state index is 14.4. The molecule has 1 N–H and O–H groups in total. The third kappa shape index (κ3) is 4.10. The minimum atomic E-state index is -1.12. The Morgan fingerprint density at radius 2 is 1.89 bits per heavy atom. The summed E-state index contributed by atoms with van der Waals surface area (Å²) in [6.07, 6.45) is 6.09. The Balaban J connectivity index is 2.18. The van der Waals surface area contributed by atoms with Gasteiger partial charge in [-0.15, -0.1) is 13.2 Å². The Hall–Kier alpha value is -2.19. The Labute approximate surface area is 216 Å². The van der Waals surface area contributed by atoms with E-state index in [1.165, 1.54) is 0 Å². The van der Waals surface area contributed by atoms with Gasteiger partial charge in [0.1, 0.15) is 11.6 Å². The molecule has 3 rings (SSSR count). The van der Waals surface area contributed by atoms with Crippen LogP contribution in [0.15, 0.2) is 25.3 Å². The van der Waals surface area contributed by atoms with E-state index in [-0.39, 0.29) is 36.3 Å². The lowest BCUT2D eigenvalue weighted by Gasteiger charge is -2.41. The molecule has 1 spiro atoms. The van der Waals surface area contributed by atoms with Crippen LogP contribution in [-0.2, 0) is 19.1 Å². The number of fused-ring (bicyclic) bond motifs is 1. The Bertz CT molecular complexity index is 888. The van der Waals surface area contributed by atoms with Crippen molar-refractivity contribution in [1.82, 2.24) is 14.7 Å². The minimum Gasteiger partial charge on any atom is -0.394 e. The lowest BCUT2D eigenvalue weighted by Crippen LogP contribution is -2.60. The van der Waals surface area contributed by atoms with Crippen LogP contribution >= 0.6 is 0 Å². The van der Waals surface area contributed by atoms with E-state index in [4.69, 9.17) is 4.74 Å². The quantitative estimate of drug-likeness (QED) is 0.414. The van der Waals surface area contributed by atoms with Crippen molar-refractivity contribution in [3.8, 4) is 0 Å². The number of hydrogen-bond acceptors (Lipinski definition) is 5. The molecule has 0 aromatic heterocycles.